The van der Waals surface area contributed by atoms with Gasteiger partial charge in [0.05, 0.1) is 24.0 Å². The van der Waals surface area contributed by atoms with Crippen LogP contribution in [-0.4, -0.2) is 19.6 Å². The summed E-state index contributed by atoms with van der Waals surface area (Å²) in [4.78, 5) is 13.1. The molecule has 126 valence electrons. The summed E-state index contributed by atoms with van der Waals surface area (Å²) in [6, 6.07) is 9.93. The summed E-state index contributed by atoms with van der Waals surface area (Å²) in [7, 11) is 0. The van der Waals surface area contributed by atoms with Crippen molar-refractivity contribution in [2.45, 2.75) is 52.6 Å². The number of benzene rings is 1. The van der Waals surface area contributed by atoms with Gasteiger partial charge in [-0.3, -0.25) is 9.48 Å². The zero-order valence-electron chi connectivity index (χ0n) is 14.9. The molecule has 0 aliphatic carbocycles. The van der Waals surface area contributed by atoms with Crippen molar-refractivity contribution in [1.82, 2.24) is 19.6 Å². The molecule has 0 aliphatic rings. The van der Waals surface area contributed by atoms with E-state index in [-0.39, 0.29) is 17.0 Å². The Morgan fingerprint density at radius 1 is 1.12 bits per heavy atom. The van der Waals surface area contributed by atoms with Crippen molar-refractivity contribution < 1.29 is 0 Å². The molecule has 2 aromatic heterocycles. The Kier molecular flexibility index (Phi) is 4.03. The lowest BCUT2D eigenvalue weighted by atomic mass is 10.1. The molecule has 24 heavy (non-hydrogen) atoms. The van der Waals surface area contributed by atoms with Crippen molar-refractivity contribution in [3.63, 3.8) is 0 Å². The topological polar surface area (TPSA) is 52.7 Å². The van der Waals surface area contributed by atoms with E-state index in [0.29, 0.717) is 12.1 Å². The fourth-order valence-electron chi connectivity index (χ4n) is 2.89. The fourth-order valence-corrected chi connectivity index (χ4v) is 2.89. The van der Waals surface area contributed by atoms with Gasteiger partial charge in [-0.2, -0.15) is 10.2 Å². The highest BCUT2D eigenvalue weighted by atomic mass is 16.1. The Labute approximate surface area is 141 Å². The van der Waals surface area contributed by atoms with Crippen LogP contribution in [-0.2, 0) is 12.1 Å². The van der Waals surface area contributed by atoms with E-state index in [1.807, 2.05) is 35.0 Å². The minimum atomic E-state index is -0.263. The SMILES string of the molecule is CC(C)c1nn(Cc2ccccc2)c(=O)c2c1cnn2C(C)(C)C. The van der Waals surface area contributed by atoms with Gasteiger partial charge < -0.3 is 0 Å². The minimum Gasteiger partial charge on any atom is -0.265 e. The average Bonchev–Trinajstić information content (AvgIpc) is 2.96. The minimum absolute atomic E-state index is 0.0920. The molecule has 2 heterocycles. The van der Waals surface area contributed by atoms with E-state index in [0.717, 1.165) is 16.6 Å². The van der Waals surface area contributed by atoms with Crippen LogP contribution in [0.25, 0.3) is 10.9 Å². The molecule has 3 rings (SSSR count). The second-order valence-corrected chi connectivity index (χ2v) is 7.48. The number of nitrogens with zero attached hydrogens (tertiary/aromatic N) is 4. The molecule has 0 saturated heterocycles. The van der Waals surface area contributed by atoms with E-state index < -0.39 is 0 Å². The molecule has 0 bridgehead atoms. The lowest BCUT2D eigenvalue weighted by Crippen LogP contribution is -2.31. The van der Waals surface area contributed by atoms with E-state index in [2.05, 4.69) is 44.8 Å². The summed E-state index contributed by atoms with van der Waals surface area (Å²) in [6.45, 7) is 10.8. The van der Waals surface area contributed by atoms with Crippen molar-refractivity contribution in [3.8, 4) is 0 Å². The van der Waals surface area contributed by atoms with Gasteiger partial charge in [0.25, 0.3) is 5.56 Å². The van der Waals surface area contributed by atoms with Crippen molar-refractivity contribution in [3.05, 3.63) is 58.1 Å². The maximum atomic E-state index is 13.1. The summed E-state index contributed by atoms with van der Waals surface area (Å²) >= 11 is 0. The number of rotatable bonds is 3. The quantitative estimate of drug-likeness (QED) is 0.741. The van der Waals surface area contributed by atoms with Crippen LogP contribution in [0.5, 0.6) is 0 Å². The third-order valence-electron chi connectivity index (χ3n) is 4.07. The third kappa shape index (κ3) is 2.86. The van der Waals surface area contributed by atoms with Gasteiger partial charge >= 0.3 is 0 Å². The van der Waals surface area contributed by atoms with Crippen molar-refractivity contribution in [2.75, 3.05) is 0 Å². The van der Waals surface area contributed by atoms with Gasteiger partial charge in [0.1, 0.15) is 5.52 Å². The van der Waals surface area contributed by atoms with E-state index >= 15 is 0 Å². The molecule has 0 saturated carbocycles. The number of aromatic nitrogens is 4. The van der Waals surface area contributed by atoms with Gasteiger partial charge in [-0.15, -0.1) is 0 Å². The molecule has 1 aromatic carbocycles. The van der Waals surface area contributed by atoms with Crippen LogP contribution >= 0.6 is 0 Å². The van der Waals surface area contributed by atoms with Crippen molar-refractivity contribution in [1.29, 1.82) is 0 Å². The molecule has 0 amide bonds. The first-order valence-electron chi connectivity index (χ1n) is 8.32. The standard InChI is InChI=1S/C19H24N4O/c1-13(2)16-15-11-20-23(19(3,4)5)17(15)18(24)22(21-16)12-14-9-7-6-8-10-14/h6-11,13H,12H2,1-5H3. The van der Waals surface area contributed by atoms with E-state index in [4.69, 9.17) is 0 Å². The summed E-state index contributed by atoms with van der Waals surface area (Å²) < 4.78 is 3.39. The van der Waals surface area contributed by atoms with E-state index in [1.54, 1.807) is 10.9 Å². The number of fused-ring (bicyclic) bond motifs is 1. The highest BCUT2D eigenvalue weighted by Gasteiger charge is 2.23. The van der Waals surface area contributed by atoms with Gasteiger partial charge in [0.15, 0.2) is 0 Å². The summed E-state index contributed by atoms with van der Waals surface area (Å²) in [6.07, 6.45) is 1.77. The predicted molar refractivity (Wildman–Crippen MR) is 96.4 cm³/mol. The normalized spacial score (nSPS) is 12.2. The first-order chi connectivity index (χ1) is 11.3. The Bertz CT molecular complexity index is 914. The first kappa shape index (κ1) is 16.4. The molecular weight excluding hydrogens is 300 g/mol. The molecule has 5 heteroatoms. The molecule has 5 nitrogen and oxygen atoms in total. The molecule has 0 N–H and O–H groups in total. The monoisotopic (exact) mass is 324 g/mol. The maximum absolute atomic E-state index is 13.1. The zero-order chi connectivity index (χ0) is 17.5. The summed E-state index contributed by atoms with van der Waals surface area (Å²) in [5, 5.41) is 9.98. The second-order valence-electron chi connectivity index (χ2n) is 7.48. The molecule has 0 fully saturated rings. The second kappa shape index (κ2) is 5.89. The van der Waals surface area contributed by atoms with Crippen LogP contribution in [0, 0.1) is 0 Å². The molecule has 0 radical (unpaired) electrons. The smallest absolute Gasteiger partial charge is 0.265 e. The van der Waals surface area contributed by atoms with Gasteiger partial charge in [0, 0.05) is 5.39 Å². The lowest BCUT2D eigenvalue weighted by molar-refractivity contribution is 0.366. The highest BCUT2D eigenvalue weighted by molar-refractivity contribution is 5.80. The van der Waals surface area contributed by atoms with Crippen LogP contribution in [0.3, 0.4) is 0 Å². The lowest BCUT2D eigenvalue weighted by Gasteiger charge is -2.21. The first-order valence-corrected chi connectivity index (χ1v) is 8.32. The van der Waals surface area contributed by atoms with Crippen LogP contribution in [0.15, 0.2) is 41.3 Å². The Morgan fingerprint density at radius 3 is 2.38 bits per heavy atom. The molecule has 0 spiro atoms. The van der Waals surface area contributed by atoms with Crippen LogP contribution in [0.1, 0.15) is 51.8 Å². The summed E-state index contributed by atoms with van der Waals surface area (Å²) in [5.74, 6) is 0.216. The molecule has 0 aliphatic heterocycles. The van der Waals surface area contributed by atoms with Crippen LogP contribution in [0.4, 0.5) is 0 Å². The third-order valence-corrected chi connectivity index (χ3v) is 4.07. The van der Waals surface area contributed by atoms with Crippen molar-refractivity contribution in [2.24, 2.45) is 0 Å². The van der Waals surface area contributed by atoms with Gasteiger partial charge in [0.2, 0.25) is 0 Å². The number of hydrogen-bond acceptors (Lipinski definition) is 3. The van der Waals surface area contributed by atoms with E-state index in [9.17, 15) is 4.79 Å². The predicted octanol–water partition coefficient (Wildman–Crippen LogP) is 3.52. The van der Waals surface area contributed by atoms with Gasteiger partial charge in [-0.25, -0.2) is 4.68 Å². The maximum Gasteiger partial charge on any atom is 0.293 e. The summed E-state index contributed by atoms with van der Waals surface area (Å²) in [5.41, 5.74) is 2.25. The molecular formula is C19H24N4O. The highest BCUT2D eigenvalue weighted by Crippen LogP contribution is 2.24. The Morgan fingerprint density at radius 2 is 1.79 bits per heavy atom. The Hall–Kier alpha value is -2.43. The van der Waals surface area contributed by atoms with E-state index in [1.165, 1.54) is 0 Å². The molecule has 0 unspecified atom stereocenters. The fraction of sp³-hybridized carbons (Fsp3) is 0.421. The molecule has 3 aromatic rings. The van der Waals surface area contributed by atoms with Crippen LogP contribution < -0.4 is 5.56 Å². The largest absolute Gasteiger partial charge is 0.293 e. The molecule has 0 atom stereocenters. The van der Waals surface area contributed by atoms with Gasteiger partial charge in [-0.1, -0.05) is 44.2 Å². The average molecular weight is 324 g/mol. The van der Waals surface area contributed by atoms with Crippen molar-refractivity contribution >= 4 is 10.9 Å². The zero-order valence-corrected chi connectivity index (χ0v) is 14.9. The van der Waals surface area contributed by atoms with Crippen LogP contribution in [0.2, 0.25) is 0 Å². The Balaban J connectivity index is 2.27. The number of hydrogen-bond donors (Lipinski definition) is 0. The van der Waals surface area contributed by atoms with Gasteiger partial charge in [-0.05, 0) is 32.3 Å².